The number of hydrogen-bond acceptors (Lipinski definition) is 5. The van der Waals surface area contributed by atoms with Gasteiger partial charge in [-0.2, -0.15) is 0 Å². The Balaban J connectivity index is 2.31. The van der Waals surface area contributed by atoms with Crippen LogP contribution in [0.5, 0.6) is 0 Å². The minimum absolute atomic E-state index is 0.0777. The van der Waals surface area contributed by atoms with Crippen molar-refractivity contribution in [1.82, 2.24) is 9.80 Å². The van der Waals surface area contributed by atoms with Crippen LogP contribution in [0, 0.1) is 5.92 Å². The third-order valence-electron chi connectivity index (χ3n) is 3.29. The predicted molar refractivity (Wildman–Crippen MR) is 67.9 cm³/mol. The maximum Gasteiger partial charge on any atom is 0.310 e. The van der Waals surface area contributed by atoms with Gasteiger partial charge in [-0.05, 0) is 25.9 Å². The molecule has 0 aromatic rings. The zero-order valence-corrected chi connectivity index (χ0v) is 11.2. The van der Waals surface area contributed by atoms with Gasteiger partial charge in [0.05, 0.1) is 19.6 Å². The number of methoxy groups -OCH3 is 1. The largest absolute Gasteiger partial charge is 0.469 e. The molecule has 1 fully saturated rings. The monoisotopic (exact) mass is 257 g/mol. The Bertz CT molecular complexity index is 296. The quantitative estimate of drug-likeness (QED) is 0.636. The first kappa shape index (κ1) is 14.9. The van der Waals surface area contributed by atoms with Crippen LogP contribution in [-0.4, -0.2) is 68.6 Å². The smallest absolute Gasteiger partial charge is 0.310 e. The molecule has 0 aromatic carbocycles. The maximum atomic E-state index is 11.9. The Kier molecular flexibility index (Phi) is 6.07. The van der Waals surface area contributed by atoms with Gasteiger partial charge in [-0.3, -0.25) is 14.5 Å². The number of likely N-dealkylation sites (N-methyl/N-ethyl adjacent to an activating group) is 1. The van der Waals surface area contributed by atoms with E-state index in [4.69, 9.17) is 10.5 Å². The molecule has 0 saturated carbocycles. The van der Waals surface area contributed by atoms with Crippen LogP contribution in [0.25, 0.3) is 0 Å². The van der Waals surface area contributed by atoms with Crippen LogP contribution in [0.1, 0.15) is 12.8 Å². The summed E-state index contributed by atoms with van der Waals surface area (Å²) in [7, 11) is 3.18. The maximum absolute atomic E-state index is 11.9. The molecule has 6 heteroatoms. The number of nitrogens with zero attached hydrogens (tertiary/aromatic N) is 2. The molecule has 0 radical (unpaired) electrons. The summed E-state index contributed by atoms with van der Waals surface area (Å²) in [6.07, 6.45) is 1.58. The topological polar surface area (TPSA) is 75.9 Å². The lowest BCUT2D eigenvalue weighted by atomic mass is 10.1. The van der Waals surface area contributed by atoms with Crippen molar-refractivity contribution < 1.29 is 14.3 Å². The highest BCUT2D eigenvalue weighted by Gasteiger charge is 2.30. The van der Waals surface area contributed by atoms with E-state index in [1.807, 2.05) is 4.90 Å². The summed E-state index contributed by atoms with van der Waals surface area (Å²) in [6.45, 7) is 3.03. The lowest BCUT2D eigenvalue weighted by Gasteiger charge is -2.21. The summed E-state index contributed by atoms with van der Waals surface area (Å²) in [5.74, 6) is -0.187. The van der Waals surface area contributed by atoms with Crippen molar-refractivity contribution >= 4 is 11.9 Å². The van der Waals surface area contributed by atoms with Crippen molar-refractivity contribution in [2.24, 2.45) is 11.7 Å². The van der Waals surface area contributed by atoms with Crippen LogP contribution in [0.3, 0.4) is 0 Å². The van der Waals surface area contributed by atoms with Gasteiger partial charge >= 0.3 is 5.97 Å². The van der Waals surface area contributed by atoms with E-state index in [1.165, 1.54) is 7.11 Å². The lowest BCUT2D eigenvalue weighted by molar-refractivity contribution is -0.145. The molecule has 1 amide bonds. The first-order chi connectivity index (χ1) is 8.58. The van der Waals surface area contributed by atoms with Crippen LogP contribution >= 0.6 is 0 Å². The second-order valence-corrected chi connectivity index (χ2v) is 4.70. The molecule has 1 unspecified atom stereocenters. The highest BCUT2D eigenvalue weighted by Crippen LogP contribution is 2.17. The van der Waals surface area contributed by atoms with E-state index in [1.54, 1.807) is 11.9 Å². The Labute approximate surface area is 108 Å². The summed E-state index contributed by atoms with van der Waals surface area (Å²) < 4.78 is 4.71. The highest BCUT2D eigenvalue weighted by atomic mass is 16.5. The first-order valence-corrected chi connectivity index (χ1v) is 6.32. The Morgan fingerprint density at radius 3 is 2.83 bits per heavy atom. The van der Waals surface area contributed by atoms with Gasteiger partial charge in [-0.25, -0.2) is 0 Å². The Morgan fingerprint density at radius 1 is 1.50 bits per heavy atom. The molecule has 1 rings (SSSR count). The van der Waals surface area contributed by atoms with Gasteiger partial charge in [0.15, 0.2) is 0 Å². The number of amides is 1. The first-order valence-electron chi connectivity index (χ1n) is 6.32. The molecule has 1 heterocycles. The second-order valence-electron chi connectivity index (χ2n) is 4.70. The molecule has 18 heavy (non-hydrogen) atoms. The zero-order valence-electron chi connectivity index (χ0n) is 11.2. The van der Waals surface area contributed by atoms with Gasteiger partial charge in [0.1, 0.15) is 0 Å². The van der Waals surface area contributed by atoms with Crippen molar-refractivity contribution in [1.29, 1.82) is 0 Å². The van der Waals surface area contributed by atoms with Crippen LogP contribution < -0.4 is 5.73 Å². The summed E-state index contributed by atoms with van der Waals surface area (Å²) in [4.78, 5) is 26.9. The number of nitrogens with two attached hydrogens (primary N) is 1. The van der Waals surface area contributed by atoms with E-state index in [9.17, 15) is 9.59 Å². The van der Waals surface area contributed by atoms with Crippen LogP contribution in [0.2, 0.25) is 0 Å². The number of hydrogen-bond donors (Lipinski definition) is 1. The third kappa shape index (κ3) is 4.27. The number of ether oxygens (including phenoxy) is 1. The van der Waals surface area contributed by atoms with E-state index in [-0.39, 0.29) is 17.8 Å². The van der Waals surface area contributed by atoms with Crippen molar-refractivity contribution in [2.75, 3.05) is 46.9 Å². The molecule has 0 spiro atoms. The Hall–Kier alpha value is -1.14. The van der Waals surface area contributed by atoms with Crippen molar-refractivity contribution in [3.05, 3.63) is 0 Å². The molecule has 0 bridgehead atoms. The molecule has 104 valence electrons. The van der Waals surface area contributed by atoms with E-state index < -0.39 is 0 Å². The number of carbonyl (C=O) groups is 2. The summed E-state index contributed by atoms with van der Waals surface area (Å²) in [6, 6.07) is 0. The van der Waals surface area contributed by atoms with Gasteiger partial charge in [0.2, 0.25) is 5.91 Å². The Morgan fingerprint density at radius 2 is 2.22 bits per heavy atom. The van der Waals surface area contributed by atoms with E-state index in [0.29, 0.717) is 26.2 Å². The minimum Gasteiger partial charge on any atom is -0.469 e. The molecule has 1 aliphatic rings. The normalized spacial score (nSPS) is 19.8. The standard InChI is InChI=1S/C12H23N3O3/c1-14(6-3-5-13)11(16)9-15-7-4-10(8-15)12(17)18-2/h10H,3-9,13H2,1-2H3. The predicted octanol–water partition coefficient (Wildman–Crippen LogP) is -0.711. The zero-order chi connectivity index (χ0) is 13.5. The van der Waals surface area contributed by atoms with Crippen LogP contribution in [-0.2, 0) is 14.3 Å². The molecule has 6 nitrogen and oxygen atoms in total. The van der Waals surface area contributed by atoms with Gasteiger partial charge in [-0.1, -0.05) is 0 Å². The number of esters is 1. The SMILES string of the molecule is COC(=O)C1CCN(CC(=O)N(C)CCCN)C1. The van der Waals surface area contributed by atoms with Crippen LogP contribution in [0.15, 0.2) is 0 Å². The second kappa shape index (κ2) is 7.33. The highest BCUT2D eigenvalue weighted by molar-refractivity contribution is 5.78. The van der Waals surface area contributed by atoms with Gasteiger partial charge in [0.25, 0.3) is 0 Å². The van der Waals surface area contributed by atoms with Gasteiger partial charge in [0, 0.05) is 20.1 Å². The molecule has 1 aliphatic heterocycles. The molecule has 1 saturated heterocycles. The minimum atomic E-state index is -0.179. The average molecular weight is 257 g/mol. The fraction of sp³-hybridized carbons (Fsp3) is 0.833. The fourth-order valence-corrected chi connectivity index (χ4v) is 2.10. The lowest BCUT2D eigenvalue weighted by Crippen LogP contribution is -2.38. The van der Waals surface area contributed by atoms with Crippen molar-refractivity contribution in [2.45, 2.75) is 12.8 Å². The van der Waals surface area contributed by atoms with E-state index >= 15 is 0 Å². The fourth-order valence-electron chi connectivity index (χ4n) is 2.10. The summed E-state index contributed by atoms with van der Waals surface area (Å²) in [5, 5.41) is 0. The third-order valence-corrected chi connectivity index (χ3v) is 3.29. The van der Waals surface area contributed by atoms with Crippen molar-refractivity contribution in [3.8, 4) is 0 Å². The van der Waals surface area contributed by atoms with Gasteiger partial charge in [-0.15, -0.1) is 0 Å². The summed E-state index contributed by atoms with van der Waals surface area (Å²) >= 11 is 0. The number of carbonyl (C=O) groups excluding carboxylic acids is 2. The molecule has 0 aliphatic carbocycles. The van der Waals surface area contributed by atoms with E-state index in [0.717, 1.165) is 19.4 Å². The molecule has 0 aromatic heterocycles. The van der Waals surface area contributed by atoms with E-state index in [2.05, 4.69) is 0 Å². The molecule has 1 atom stereocenters. The van der Waals surface area contributed by atoms with Crippen molar-refractivity contribution in [3.63, 3.8) is 0 Å². The van der Waals surface area contributed by atoms with Gasteiger partial charge < -0.3 is 15.4 Å². The number of rotatable bonds is 6. The van der Waals surface area contributed by atoms with Crippen LogP contribution in [0.4, 0.5) is 0 Å². The molecular formula is C12H23N3O3. The summed E-state index contributed by atoms with van der Waals surface area (Å²) in [5.41, 5.74) is 5.41. The molecule has 2 N–H and O–H groups in total. The molecular weight excluding hydrogens is 234 g/mol. The number of likely N-dealkylation sites (tertiary alicyclic amines) is 1. The average Bonchev–Trinajstić information content (AvgIpc) is 2.83.